The van der Waals surface area contributed by atoms with Crippen molar-refractivity contribution in [3.05, 3.63) is 70.3 Å². The highest BCUT2D eigenvalue weighted by atomic mass is 79.9. The number of hydrogen-bond acceptors (Lipinski definition) is 2. The molecule has 106 valence electrons. The van der Waals surface area contributed by atoms with Gasteiger partial charge in [-0.15, -0.1) is 0 Å². The number of nitrogens with zero attached hydrogens (tertiary/aromatic N) is 1. The second-order valence-corrected chi connectivity index (χ2v) is 5.51. The highest BCUT2D eigenvalue weighted by molar-refractivity contribution is 9.10. The van der Waals surface area contributed by atoms with Gasteiger partial charge in [0.05, 0.1) is 11.2 Å². The summed E-state index contributed by atoms with van der Waals surface area (Å²) in [5, 5.41) is 4.07. The zero-order chi connectivity index (χ0) is 14.8. The number of nitrogens with one attached hydrogen (secondary N) is 1. The van der Waals surface area contributed by atoms with Gasteiger partial charge < -0.3 is 5.32 Å². The lowest BCUT2D eigenvalue weighted by atomic mass is 10.1. The fourth-order valence-corrected chi connectivity index (χ4v) is 2.50. The molecular formula is C16H11BrF2N2. The van der Waals surface area contributed by atoms with Crippen molar-refractivity contribution in [3.63, 3.8) is 0 Å². The Morgan fingerprint density at radius 1 is 1.10 bits per heavy atom. The molecule has 3 rings (SSSR count). The molecule has 2 aromatic carbocycles. The first-order valence-electron chi connectivity index (χ1n) is 6.36. The molecule has 5 heteroatoms. The van der Waals surface area contributed by atoms with Crippen LogP contribution in [0.2, 0.25) is 0 Å². The van der Waals surface area contributed by atoms with Gasteiger partial charge in [0.1, 0.15) is 0 Å². The molecule has 0 unspecified atom stereocenters. The molecule has 0 aliphatic rings. The van der Waals surface area contributed by atoms with Crippen LogP contribution in [-0.2, 0) is 6.54 Å². The number of hydrogen-bond donors (Lipinski definition) is 1. The van der Waals surface area contributed by atoms with Crippen molar-refractivity contribution in [1.29, 1.82) is 0 Å². The van der Waals surface area contributed by atoms with Gasteiger partial charge >= 0.3 is 0 Å². The predicted molar refractivity (Wildman–Crippen MR) is 83.1 cm³/mol. The Balaban J connectivity index is 1.90. The lowest BCUT2D eigenvalue weighted by Crippen LogP contribution is -2.04. The Labute approximate surface area is 129 Å². The average Bonchev–Trinajstić information content (AvgIpc) is 2.48. The van der Waals surface area contributed by atoms with E-state index in [9.17, 15) is 8.78 Å². The minimum atomic E-state index is -0.839. The summed E-state index contributed by atoms with van der Waals surface area (Å²) in [5.41, 5.74) is 1.85. The molecule has 0 spiro atoms. The van der Waals surface area contributed by atoms with Gasteiger partial charge in [-0.3, -0.25) is 4.98 Å². The molecule has 0 aliphatic heterocycles. The van der Waals surface area contributed by atoms with E-state index in [1.165, 1.54) is 6.07 Å². The number of aromatic nitrogens is 1. The Morgan fingerprint density at radius 2 is 1.90 bits per heavy atom. The normalized spacial score (nSPS) is 10.8. The molecule has 0 atom stereocenters. The maximum atomic E-state index is 13.6. The highest BCUT2D eigenvalue weighted by Gasteiger charge is 2.08. The second-order valence-electron chi connectivity index (χ2n) is 4.60. The van der Waals surface area contributed by atoms with Crippen LogP contribution >= 0.6 is 15.9 Å². The van der Waals surface area contributed by atoms with Gasteiger partial charge in [-0.1, -0.05) is 24.3 Å². The van der Waals surface area contributed by atoms with Crippen molar-refractivity contribution in [2.75, 3.05) is 5.32 Å². The van der Waals surface area contributed by atoms with Gasteiger partial charge in [0, 0.05) is 28.2 Å². The molecule has 0 saturated heterocycles. The van der Waals surface area contributed by atoms with Crippen LogP contribution in [0.4, 0.5) is 14.5 Å². The molecule has 0 fully saturated rings. The highest BCUT2D eigenvalue weighted by Crippen LogP contribution is 2.24. The Bertz CT molecular complexity index is 805. The fraction of sp³-hybridized carbons (Fsp3) is 0.0625. The zero-order valence-corrected chi connectivity index (χ0v) is 12.5. The molecular weight excluding hydrogens is 338 g/mol. The van der Waals surface area contributed by atoms with E-state index in [4.69, 9.17) is 0 Å². The van der Waals surface area contributed by atoms with Crippen molar-refractivity contribution in [2.24, 2.45) is 0 Å². The van der Waals surface area contributed by atoms with Crippen LogP contribution in [0, 0.1) is 11.6 Å². The van der Waals surface area contributed by atoms with Crippen molar-refractivity contribution in [2.45, 2.75) is 6.54 Å². The van der Waals surface area contributed by atoms with Gasteiger partial charge in [0.15, 0.2) is 11.6 Å². The third kappa shape index (κ3) is 2.88. The first kappa shape index (κ1) is 13.9. The van der Waals surface area contributed by atoms with Crippen LogP contribution < -0.4 is 5.32 Å². The number of halogens is 3. The molecule has 1 aromatic heterocycles. The molecule has 1 heterocycles. The van der Waals surface area contributed by atoms with Crippen molar-refractivity contribution >= 4 is 32.5 Å². The van der Waals surface area contributed by atoms with Gasteiger partial charge in [-0.2, -0.15) is 0 Å². The summed E-state index contributed by atoms with van der Waals surface area (Å²) in [4.78, 5) is 4.36. The third-order valence-corrected chi connectivity index (χ3v) is 3.61. The first-order chi connectivity index (χ1) is 10.1. The minimum Gasteiger partial charge on any atom is -0.379 e. The van der Waals surface area contributed by atoms with Crippen molar-refractivity contribution in [1.82, 2.24) is 4.98 Å². The molecule has 0 radical (unpaired) electrons. The number of rotatable bonds is 3. The molecule has 2 nitrogen and oxygen atoms in total. The maximum Gasteiger partial charge on any atom is 0.163 e. The summed E-state index contributed by atoms with van der Waals surface area (Å²) in [5.74, 6) is -1.66. The number of benzene rings is 2. The lowest BCUT2D eigenvalue weighted by molar-refractivity contribution is 0.500. The molecule has 0 aliphatic carbocycles. The molecule has 1 N–H and O–H groups in total. The zero-order valence-electron chi connectivity index (χ0n) is 10.9. The topological polar surface area (TPSA) is 24.9 Å². The molecule has 0 saturated carbocycles. The standard InChI is InChI=1S/C16H11BrF2N2/c17-12-7-10-3-2-6-14(16(10)21-9-12)20-8-11-4-1-5-13(18)15(11)19/h1-7,9,20H,8H2. The molecule has 0 amide bonds. The van der Waals surface area contributed by atoms with Gasteiger partial charge in [-0.05, 0) is 34.1 Å². The van der Waals surface area contributed by atoms with Crippen molar-refractivity contribution in [3.8, 4) is 0 Å². The van der Waals surface area contributed by atoms with Crippen LogP contribution in [0.1, 0.15) is 5.56 Å². The van der Waals surface area contributed by atoms with E-state index in [1.54, 1.807) is 12.3 Å². The summed E-state index contributed by atoms with van der Waals surface area (Å²) in [6.45, 7) is 0.195. The number of fused-ring (bicyclic) bond motifs is 1. The van der Waals surface area contributed by atoms with E-state index in [-0.39, 0.29) is 12.1 Å². The third-order valence-electron chi connectivity index (χ3n) is 3.18. The smallest absolute Gasteiger partial charge is 0.163 e. The minimum absolute atomic E-state index is 0.195. The lowest BCUT2D eigenvalue weighted by Gasteiger charge is -2.10. The monoisotopic (exact) mass is 348 g/mol. The van der Waals surface area contributed by atoms with E-state index in [0.29, 0.717) is 0 Å². The van der Waals surface area contributed by atoms with Crippen LogP contribution in [0.5, 0.6) is 0 Å². The number of para-hydroxylation sites is 1. The molecule has 21 heavy (non-hydrogen) atoms. The van der Waals surface area contributed by atoms with E-state index < -0.39 is 11.6 Å². The van der Waals surface area contributed by atoms with Crippen LogP contribution in [0.3, 0.4) is 0 Å². The quantitative estimate of drug-likeness (QED) is 0.728. The van der Waals surface area contributed by atoms with E-state index >= 15 is 0 Å². The van der Waals surface area contributed by atoms with Gasteiger partial charge in [0.2, 0.25) is 0 Å². The summed E-state index contributed by atoms with van der Waals surface area (Å²) < 4.78 is 27.7. The van der Waals surface area contributed by atoms with E-state index in [2.05, 4.69) is 26.2 Å². The van der Waals surface area contributed by atoms with Crippen LogP contribution in [0.15, 0.2) is 53.1 Å². The maximum absolute atomic E-state index is 13.6. The van der Waals surface area contributed by atoms with E-state index in [1.807, 2.05) is 24.3 Å². The fourth-order valence-electron chi connectivity index (χ4n) is 2.15. The molecule has 3 aromatic rings. The SMILES string of the molecule is Fc1cccc(CNc2cccc3cc(Br)cnc23)c1F. The first-order valence-corrected chi connectivity index (χ1v) is 7.15. The number of pyridine rings is 1. The summed E-state index contributed by atoms with van der Waals surface area (Å²) in [7, 11) is 0. The van der Waals surface area contributed by atoms with E-state index in [0.717, 1.165) is 27.1 Å². The van der Waals surface area contributed by atoms with Gasteiger partial charge in [0.25, 0.3) is 0 Å². The Kier molecular flexibility index (Phi) is 3.84. The molecule has 0 bridgehead atoms. The average molecular weight is 349 g/mol. The summed E-state index contributed by atoms with van der Waals surface area (Å²) in [6.07, 6.45) is 1.70. The Morgan fingerprint density at radius 3 is 2.76 bits per heavy atom. The van der Waals surface area contributed by atoms with Crippen LogP contribution in [0.25, 0.3) is 10.9 Å². The Hall–Kier alpha value is -2.01. The van der Waals surface area contributed by atoms with Crippen molar-refractivity contribution < 1.29 is 8.78 Å². The van der Waals surface area contributed by atoms with Crippen LogP contribution in [-0.4, -0.2) is 4.98 Å². The van der Waals surface area contributed by atoms with Gasteiger partial charge in [-0.25, -0.2) is 8.78 Å². The summed E-state index contributed by atoms with van der Waals surface area (Å²) >= 11 is 3.38. The largest absolute Gasteiger partial charge is 0.379 e. The summed E-state index contributed by atoms with van der Waals surface area (Å²) in [6, 6.07) is 11.8. The predicted octanol–water partition coefficient (Wildman–Crippen LogP) is 4.89. The second kappa shape index (κ2) is 5.77. The number of anilines is 1.